The highest BCUT2D eigenvalue weighted by atomic mass is 16.4. The number of β-amino-alcohol motifs (C(OH)–C–C–N with tert-alkyl or cyclic N) is 1. The first kappa shape index (κ1) is 31.5. The van der Waals surface area contributed by atoms with E-state index in [4.69, 9.17) is 20.4 Å². The van der Waals surface area contributed by atoms with Crippen LogP contribution < -0.4 is 4.90 Å². The summed E-state index contributed by atoms with van der Waals surface area (Å²) in [5.74, 6) is -3.66. The van der Waals surface area contributed by atoms with Crippen molar-refractivity contribution in [1.29, 1.82) is 0 Å². The summed E-state index contributed by atoms with van der Waals surface area (Å²) >= 11 is 0. The zero-order valence-electron chi connectivity index (χ0n) is 23.1. The highest BCUT2D eigenvalue weighted by Crippen LogP contribution is 2.34. The molecule has 2 aliphatic heterocycles. The lowest BCUT2D eigenvalue weighted by Gasteiger charge is -2.33. The van der Waals surface area contributed by atoms with Crippen molar-refractivity contribution < 1.29 is 44.7 Å². The molecule has 1 aromatic carbocycles. The van der Waals surface area contributed by atoms with Crippen LogP contribution in [-0.2, 0) is 25.6 Å². The number of anilines is 1. The van der Waals surface area contributed by atoms with Gasteiger partial charge in [0, 0.05) is 24.7 Å². The van der Waals surface area contributed by atoms with Crippen LogP contribution in [0.25, 0.3) is 0 Å². The predicted octanol–water partition coefficient (Wildman–Crippen LogP) is 2.67. The van der Waals surface area contributed by atoms with E-state index in [9.17, 15) is 24.3 Å². The summed E-state index contributed by atoms with van der Waals surface area (Å²) in [6.07, 6.45) is 6.25. The predicted molar refractivity (Wildman–Crippen MR) is 146 cm³/mol. The number of hydrogen-bond donors (Lipinski definition) is 5. The van der Waals surface area contributed by atoms with Gasteiger partial charge in [0.25, 0.3) is 0 Å². The summed E-state index contributed by atoms with van der Waals surface area (Å²) in [5, 5.41) is 44.6. The van der Waals surface area contributed by atoms with Crippen LogP contribution in [0.1, 0.15) is 81.9 Å². The van der Waals surface area contributed by atoms with Crippen LogP contribution in [-0.4, -0.2) is 86.0 Å². The molecule has 0 bridgehead atoms. The van der Waals surface area contributed by atoms with E-state index in [-0.39, 0.29) is 5.92 Å². The van der Waals surface area contributed by atoms with Crippen LogP contribution in [0.5, 0.6) is 0 Å². The fraction of sp³-hybridized carbons (Fsp3) is 0.655. The fourth-order valence-electron chi connectivity index (χ4n) is 5.76. The first-order chi connectivity index (χ1) is 18.9. The Balaban J connectivity index is 0.000000289. The van der Waals surface area contributed by atoms with E-state index < -0.39 is 42.5 Å². The Morgan fingerprint density at radius 3 is 2.08 bits per heavy atom. The molecule has 2 heterocycles. The van der Waals surface area contributed by atoms with Gasteiger partial charge in [-0.25, -0.2) is 4.79 Å². The van der Waals surface area contributed by atoms with Crippen LogP contribution in [0.15, 0.2) is 18.2 Å². The van der Waals surface area contributed by atoms with Gasteiger partial charge in [0.2, 0.25) is 5.91 Å². The summed E-state index contributed by atoms with van der Waals surface area (Å²) < 4.78 is 0. The maximum absolute atomic E-state index is 12.9. The molecule has 11 nitrogen and oxygen atoms in total. The number of carbonyl (C=O) groups excluding carboxylic acids is 1. The number of aliphatic carboxylic acids is 3. The van der Waals surface area contributed by atoms with E-state index in [1.54, 1.807) is 0 Å². The number of aryl methyl sites for hydroxylation is 1. The van der Waals surface area contributed by atoms with Gasteiger partial charge in [-0.15, -0.1) is 0 Å². The zero-order chi connectivity index (χ0) is 29.4. The number of aliphatic hydroxyl groups excluding tert-OH is 1. The van der Waals surface area contributed by atoms with E-state index >= 15 is 0 Å². The van der Waals surface area contributed by atoms with Gasteiger partial charge < -0.3 is 35.3 Å². The molecule has 1 atom stereocenters. The molecule has 3 aliphatic rings. The monoisotopic (exact) mass is 562 g/mol. The molecule has 0 radical (unpaired) electrons. The van der Waals surface area contributed by atoms with Crippen molar-refractivity contribution in [2.75, 3.05) is 31.1 Å². The molecular weight excluding hydrogens is 520 g/mol. The van der Waals surface area contributed by atoms with Gasteiger partial charge in [-0.2, -0.15) is 0 Å². The second-order valence-electron chi connectivity index (χ2n) is 11.4. The fourth-order valence-corrected chi connectivity index (χ4v) is 5.76. The summed E-state index contributed by atoms with van der Waals surface area (Å²) in [6.45, 7) is 6.06. The molecule has 40 heavy (non-hydrogen) atoms. The van der Waals surface area contributed by atoms with E-state index in [0.29, 0.717) is 5.91 Å². The third-order valence-electron chi connectivity index (χ3n) is 8.17. The standard InChI is InChI=1S/C23H34N2O2.C6H8O7/c1-17-10-13-24(14-11-17)16-22(26)20-8-9-21-19(15-20)7-4-12-25(21)23(27)18-5-2-3-6-18;7-3(8)1-6(13,5(11)12)2-4(9)10/h8-9,15,17-18,22,26H,2-7,10-14,16H2,1H3;13H,1-2H2,(H,7,8)(H,9,10)(H,11,12). The number of amides is 1. The second kappa shape index (κ2) is 14.0. The average molecular weight is 563 g/mol. The molecule has 0 aromatic heterocycles. The molecule has 4 rings (SSSR count). The lowest BCUT2D eigenvalue weighted by molar-refractivity contribution is -0.170. The van der Waals surface area contributed by atoms with Crippen LogP contribution in [0.3, 0.4) is 0 Å². The third kappa shape index (κ3) is 8.49. The molecule has 0 spiro atoms. The average Bonchev–Trinajstić information content (AvgIpc) is 3.43. The molecule has 11 heteroatoms. The number of nitrogens with zero attached hydrogens (tertiary/aromatic N) is 2. The summed E-state index contributed by atoms with van der Waals surface area (Å²) in [5.41, 5.74) is 0.581. The number of carboxylic acids is 3. The Morgan fingerprint density at radius 1 is 0.925 bits per heavy atom. The van der Waals surface area contributed by atoms with Crippen molar-refractivity contribution >= 4 is 29.5 Å². The number of aliphatic hydroxyl groups is 2. The number of benzene rings is 1. The van der Waals surface area contributed by atoms with E-state index in [1.807, 2.05) is 11.0 Å². The summed E-state index contributed by atoms with van der Waals surface area (Å²) in [4.78, 5) is 47.8. The first-order valence-electron chi connectivity index (χ1n) is 14.1. The molecule has 222 valence electrons. The smallest absolute Gasteiger partial charge is 0.336 e. The summed E-state index contributed by atoms with van der Waals surface area (Å²) in [7, 11) is 0. The van der Waals surface area contributed by atoms with Crippen molar-refractivity contribution in [3.8, 4) is 0 Å². The van der Waals surface area contributed by atoms with E-state index in [1.165, 1.54) is 31.2 Å². The third-order valence-corrected chi connectivity index (χ3v) is 8.17. The van der Waals surface area contributed by atoms with Crippen molar-refractivity contribution in [3.05, 3.63) is 29.3 Å². The molecule has 1 amide bonds. The highest BCUT2D eigenvalue weighted by Gasteiger charge is 2.40. The van der Waals surface area contributed by atoms with E-state index in [2.05, 4.69) is 24.0 Å². The lowest BCUT2D eigenvalue weighted by atomic mass is 9.95. The van der Waals surface area contributed by atoms with Gasteiger partial charge in [-0.05, 0) is 74.7 Å². The SMILES string of the molecule is CC1CCN(CC(O)c2ccc3c(c2)CCCN3C(=O)C2CCCC2)CC1.O=C(O)CC(O)(CC(=O)O)C(=O)O. The Morgan fingerprint density at radius 2 is 1.52 bits per heavy atom. The van der Waals surface area contributed by atoms with E-state index in [0.717, 1.165) is 69.0 Å². The molecule has 1 aromatic rings. The Kier molecular flexibility index (Phi) is 11.1. The zero-order valence-corrected chi connectivity index (χ0v) is 23.1. The topological polar surface area (TPSA) is 176 Å². The number of rotatable bonds is 9. The van der Waals surface area contributed by atoms with Crippen molar-refractivity contribution in [1.82, 2.24) is 4.90 Å². The number of carboxylic acid groups (broad SMARTS) is 3. The van der Waals surface area contributed by atoms with Gasteiger partial charge in [0.1, 0.15) is 0 Å². The minimum Gasteiger partial charge on any atom is -0.481 e. The maximum atomic E-state index is 12.9. The Labute approximate surface area is 234 Å². The lowest BCUT2D eigenvalue weighted by Crippen LogP contribution is -2.42. The Hall–Kier alpha value is -3.02. The van der Waals surface area contributed by atoms with Crippen LogP contribution >= 0.6 is 0 Å². The quantitative estimate of drug-likeness (QED) is 0.301. The second-order valence-corrected chi connectivity index (χ2v) is 11.4. The molecule has 1 unspecified atom stereocenters. The minimum atomic E-state index is -2.74. The number of carbonyl (C=O) groups is 4. The van der Waals surface area contributed by atoms with Crippen molar-refractivity contribution in [2.24, 2.45) is 11.8 Å². The number of hydrogen-bond acceptors (Lipinski definition) is 7. The van der Waals surface area contributed by atoms with Gasteiger partial charge in [0.05, 0.1) is 18.9 Å². The van der Waals surface area contributed by atoms with Gasteiger partial charge >= 0.3 is 17.9 Å². The highest BCUT2D eigenvalue weighted by molar-refractivity contribution is 5.96. The van der Waals surface area contributed by atoms with Crippen molar-refractivity contribution in [2.45, 2.75) is 82.8 Å². The van der Waals surface area contributed by atoms with Crippen molar-refractivity contribution in [3.63, 3.8) is 0 Å². The van der Waals surface area contributed by atoms with Crippen LogP contribution in [0.2, 0.25) is 0 Å². The molecule has 5 N–H and O–H groups in total. The normalized spacial score (nSPS) is 19.3. The Bertz CT molecular complexity index is 1050. The van der Waals surface area contributed by atoms with Gasteiger partial charge in [-0.1, -0.05) is 31.9 Å². The first-order valence-corrected chi connectivity index (χ1v) is 14.1. The molecule has 1 saturated carbocycles. The van der Waals surface area contributed by atoms with Gasteiger partial charge in [-0.3, -0.25) is 14.4 Å². The number of likely N-dealkylation sites (tertiary alicyclic amines) is 1. The minimum absolute atomic E-state index is 0.225. The van der Waals surface area contributed by atoms with Gasteiger partial charge in [0.15, 0.2) is 5.60 Å². The largest absolute Gasteiger partial charge is 0.481 e. The molecular formula is C29H42N2O9. The van der Waals surface area contributed by atoms with Crippen LogP contribution in [0.4, 0.5) is 5.69 Å². The maximum Gasteiger partial charge on any atom is 0.336 e. The molecule has 1 saturated heterocycles. The molecule has 2 fully saturated rings. The summed E-state index contributed by atoms with van der Waals surface area (Å²) in [6, 6.07) is 6.27. The molecule has 1 aliphatic carbocycles. The number of fused-ring (bicyclic) bond motifs is 1. The number of piperidine rings is 1. The van der Waals surface area contributed by atoms with Crippen LogP contribution in [0, 0.1) is 11.8 Å².